The summed E-state index contributed by atoms with van der Waals surface area (Å²) in [4.78, 5) is 24.4. The zero-order valence-electron chi connectivity index (χ0n) is 14.5. The van der Waals surface area contributed by atoms with Crippen molar-refractivity contribution < 1.29 is 0 Å². The van der Waals surface area contributed by atoms with E-state index in [1.165, 1.54) is 20.9 Å². The maximum atomic E-state index is 12.2. The number of rotatable bonds is 3. The molecular weight excluding hydrogens is 330 g/mol. The molecule has 0 radical (unpaired) electrons. The lowest BCUT2D eigenvalue weighted by molar-refractivity contribution is 0.243. The van der Waals surface area contributed by atoms with Gasteiger partial charge < -0.3 is 4.98 Å². The van der Waals surface area contributed by atoms with Gasteiger partial charge in [0, 0.05) is 35.8 Å². The van der Waals surface area contributed by atoms with Crippen LogP contribution in [0.3, 0.4) is 0 Å². The van der Waals surface area contributed by atoms with Crippen LogP contribution in [0, 0.1) is 13.8 Å². The summed E-state index contributed by atoms with van der Waals surface area (Å²) in [6, 6.07) is 13.0. The van der Waals surface area contributed by atoms with Gasteiger partial charge in [-0.2, -0.15) is 0 Å². The van der Waals surface area contributed by atoms with E-state index < -0.39 is 0 Å². The van der Waals surface area contributed by atoms with E-state index in [-0.39, 0.29) is 5.56 Å². The van der Waals surface area contributed by atoms with Crippen molar-refractivity contribution >= 4 is 11.3 Å². The van der Waals surface area contributed by atoms with Gasteiger partial charge in [-0.1, -0.05) is 29.8 Å². The SMILES string of the molecule is Cc1ccc(-c2ccc(CN3CCc4nc(C)[nH]c(=O)c4C3)s2)cc1. The van der Waals surface area contributed by atoms with Crippen LogP contribution >= 0.6 is 11.3 Å². The highest BCUT2D eigenvalue weighted by atomic mass is 32.1. The van der Waals surface area contributed by atoms with Crippen LogP contribution in [0.1, 0.15) is 27.5 Å². The van der Waals surface area contributed by atoms with E-state index in [9.17, 15) is 4.79 Å². The Labute approximate surface area is 151 Å². The minimum atomic E-state index is 0.0127. The number of nitrogens with zero attached hydrogens (tertiary/aromatic N) is 2. The lowest BCUT2D eigenvalue weighted by Crippen LogP contribution is -2.35. The van der Waals surface area contributed by atoms with Crippen LogP contribution in [0.25, 0.3) is 10.4 Å². The lowest BCUT2D eigenvalue weighted by Gasteiger charge is -2.27. The van der Waals surface area contributed by atoms with Crippen molar-refractivity contribution in [3.05, 3.63) is 74.3 Å². The van der Waals surface area contributed by atoms with Crippen molar-refractivity contribution in [2.45, 2.75) is 33.4 Å². The molecule has 2 aromatic heterocycles. The van der Waals surface area contributed by atoms with Crippen LogP contribution in [0.15, 0.2) is 41.2 Å². The molecule has 0 aliphatic carbocycles. The molecule has 0 atom stereocenters. The second kappa shape index (κ2) is 6.58. The first-order valence-corrected chi connectivity index (χ1v) is 9.37. The molecule has 0 fully saturated rings. The van der Waals surface area contributed by atoms with Gasteiger partial charge in [0.2, 0.25) is 0 Å². The molecule has 0 unspecified atom stereocenters. The molecule has 0 amide bonds. The largest absolute Gasteiger partial charge is 0.310 e. The molecule has 25 heavy (non-hydrogen) atoms. The van der Waals surface area contributed by atoms with Crippen LogP contribution in [-0.2, 0) is 19.5 Å². The van der Waals surface area contributed by atoms with Crippen LogP contribution < -0.4 is 5.56 Å². The highest BCUT2D eigenvalue weighted by Gasteiger charge is 2.21. The number of fused-ring (bicyclic) bond motifs is 1. The molecule has 4 rings (SSSR count). The molecule has 1 N–H and O–H groups in total. The number of thiophene rings is 1. The van der Waals surface area contributed by atoms with E-state index in [4.69, 9.17) is 0 Å². The van der Waals surface area contributed by atoms with Crippen LogP contribution in [0.4, 0.5) is 0 Å². The number of aromatic nitrogens is 2. The number of hydrogen-bond acceptors (Lipinski definition) is 4. The monoisotopic (exact) mass is 351 g/mol. The lowest BCUT2D eigenvalue weighted by atomic mass is 10.1. The van der Waals surface area contributed by atoms with Gasteiger partial charge >= 0.3 is 0 Å². The van der Waals surface area contributed by atoms with E-state index in [2.05, 4.69) is 58.2 Å². The minimum Gasteiger partial charge on any atom is -0.310 e. The van der Waals surface area contributed by atoms with Crippen molar-refractivity contribution in [3.63, 3.8) is 0 Å². The number of aryl methyl sites for hydroxylation is 2. The van der Waals surface area contributed by atoms with E-state index in [0.29, 0.717) is 12.4 Å². The Morgan fingerprint density at radius 1 is 1.16 bits per heavy atom. The van der Waals surface area contributed by atoms with Gasteiger partial charge in [-0.05, 0) is 31.5 Å². The topological polar surface area (TPSA) is 49.0 Å². The second-order valence-corrected chi connectivity index (χ2v) is 7.84. The van der Waals surface area contributed by atoms with E-state index in [1.54, 1.807) is 0 Å². The normalized spacial score (nSPS) is 14.5. The Kier molecular flexibility index (Phi) is 4.27. The third-order valence-corrected chi connectivity index (χ3v) is 5.76. The number of H-pyrrole nitrogens is 1. The molecule has 0 saturated carbocycles. The third-order valence-electron chi connectivity index (χ3n) is 4.64. The fourth-order valence-corrected chi connectivity index (χ4v) is 4.35. The fourth-order valence-electron chi connectivity index (χ4n) is 3.30. The minimum absolute atomic E-state index is 0.0127. The first kappa shape index (κ1) is 16.2. The van der Waals surface area contributed by atoms with Crippen LogP contribution in [0.2, 0.25) is 0 Å². The maximum absolute atomic E-state index is 12.2. The van der Waals surface area contributed by atoms with Gasteiger partial charge in [-0.3, -0.25) is 9.69 Å². The molecule has 1 aliphatic heterocycles. The summed E-state index contributed by atoms with van der Waals surface area (Å²) in [5.41, 5.74) is 4.35. The van der Waals surface area contributed by atoms with Gasteiger partial charge in [-0.15, -0.1) is 11.3 Å². The van der Waals surface area contributed by atoms with E-state index >= 15 is 0 Å². The van der Waals surface area contributed by atoms with E-state index in [1.807, 2.05) is 18.3 Å². The summed E-state index contributed by atoms with van der Waals surface area (Å²) < 4.78 is 0. The van der Waals surface area contributed by atoms with Gasteiger partial charge in [0.25, 0.3) is 5.56 Å². The summed E-state index contributed by atoms with van der Waals surface area (Å²) in [7, 11) is 0. The summed E-state index contributed by atoms with van der Waals surface area (Å²) in [5, 5.41) is 0. The van der Waals surface area contributed by atoms with Gasteiger partial charge in [0.15, 0.2) is 0 Å². The highest BCUT2D eigenvalue weighted by Crippen LogP contribution is 2.29. The summed E-state index contributed by atoms with van der Waals surface area (Å²) in [6.07, 6.45) is 0.844. The zero-order valence-corrected chi connectivity index (χ0v) is 15.3. The van der Waals surface area contributed by atoms with Crippen LogP contribution in [0.5, 0.6) is 0 Å². The number of hydrogen-bond donors (Lipinski definition) is 1. The Hall–Kier alpha value is -2.24. The van der Waals surface area contributed by atoms with Crippen molar-refractivity contribution in [1.29, 1.82) is 0 Å². The molecule has 3 heterocycles. The summed E-state index contributed by atoms with van der Waals surface area (Å²) in [6.45, 7) is 6.45. The van der Waals surface area contributed by atoms with E-state index in [0.717, 1.165) is 30.8 Å². The number of benzene rings is 1. The number of nitrogens with one attached hydrogen (secondary N) is 1. The maximum Gasteiger partial charge on any atom is 0.255 e. The molecule has 3 aromatic rings. The van der Waals surface area contributed by atoms with Crippen LogP contribution in [-0.4, -0.2) is 21.4 Å². The predicted octanol–water partition coefficient (Wildman–Crippen LogP) is 3.67. The Balaban J connectivity index is 1.50. The number of aromatic amines is 1. The Morgan fingerprint density at radius 3 is 2.76 bits per heavy atom. The molecule has 1 aromatic carbocycles. The molecular formula is C20H21N3OS. The molecule has 128 valence electrons. The zero-order chi connectivity index (χ0) is 17.4. The summed E-state index contributed by atoms with van der Waals surface area (Å²) >= 11 is 1.83. The molecule has 4 nitrogen and oxygen atoms in total. The fraction of sp³-hybridized carbons (Fsp3) is 0.300. The smallest absolute Gasteiger partial charge is 0.255 e. The first-order valence-electron chi connectivity index (χ1n) is 8.55. The van der Waals surface area contributed by atoms with Gasteiger partial charge in [-0.25, -0.2) is 4.98 Å². The van der Waals surface area contributed by atoms with Gasteiger partial charge in [0.1, 0.15) is 5.82 Å². The molecule has 5 heteroatoms. The summed E-state index contributed by atoms with van der Waals surface area (Å²) in [5.74, 6) is 0.707. The molecule has 1 aliphatic rings. The van der Waals surface area contributed by atoms with Crippen molar-refractivity contribution in [2.75, 3.05) is 6.54 Å². The van der Waals surface area contributed by atoms with Gasteiger partial charge in [0.05, 0.1) is 11.3 Å². The predicted molar refractivity (Wildman–Crippen MR) is 102 cm³/mol. The standard InChI is InChI=1S/C20H21N3OS/c1-13-3-5-15(6-4-13)19-8-7-16(25-19)11-23-10-9-18-17(12-23)20(24)22-14(2)21-18/h3-8H,9-12H2,1-2H3,(H,21,22,24). The van der Waals surface area contributed by atoms with Crippen molar-refractivity contribution in [3.8, 4) is 10.4 Å². The molecule has 0 saturated heterocycles. The third kappa shape index (κ3) is 3.43. The Morgan fingerprint density at radius 2 is 1.96 bits per heavy atom. The average molecular weight is 351 g/mol. The molecule has 0 spiro atoms. The van der Waals surface area contributed by atoms with Crippen molar-refractivity contribution in [1.82, 2.24) is 14.9 Å². The average Bonchev–Trinajstić information content (AvgIpc) is 3.04. The molecule has 0 bridgehead atoms. The second-order valence-electron chi connectivity index (χ2n) is 6.67. The van der Waals surface area contributed by atoms with Crippen molar-refractivity contribution in [2.24, 2.45) is 0 Å². The Bertz CT molecular complexity index is 956. The highest BCUT2D eigenvalue weighted by molar-refractivity contribution is 7.15. The quantitative estimate of drug-likeness (QED) is 0.783. The first-order chi connectivity index (χ1) is 12.1.